The van der Waals surface area contributed by atoms with Crippen LogP contribution in [-0.2, 0) is 6.54 Å². The Morgan fingerprint density at radius 3 is 2.67 bits per heavy atom. The van der Waals surface area contributed by atoms with Gasteiger partial charge in [0.25, 0.3) is 0 Å². The fraction of sp³-hybridized carbons (Fsp3) is 0.385. The summed E-state index contributed by atoms with van der Waals surface area (Å²) >= 11 is 1.90. The Labute approximate surface area is 96.2 Å². The lowest BCUT2D eigenvalue weighted by atomic mass is 10.1. The van der Waals surface area contributed by atoms with E-state index in [1.807, 2.05) is 11.8 Å². The van der Waals surface area contributed by atoms with Gasteiger partial charge in [0.05, 0.1) is 5.88 Å². The molecule has 0 atom stereocenters. The lowest BCUT2D eigenvalue weighted by Crippen LogP contribution is -2.21. The molecule has 1 heterocycles. The van der Waals surface area contributed by atoms with E-state index in [9.17, 15) is 0 Å². The monoisotopic (exact) mass is 219 g/mol. The molecule has 1 aromatic carbocycles. The third-order valence-corrected chi connectivity index (χ3v) is 3.48. The van der Waals surface area contributed by atoms with Gasteiger partial charge in [-0.15, -0.1) is 11.8 Å². The molecular formula is C13H17NS. The molecular weight excluding hydrogens is 202 g/mol. The number of hydrogen-bond donors (Lipinski definition) is 0. The van der Waals surface area contributed by atoms with Crippen LogP contribution in [0.5, 0.6) is 0 Å². The number of thioether (sulfide) groups is 1. The SMILES string of the molecule is CC(C)C1=CSCN1Cc1ccccc1. The summed E-state index contributed by atoms with van der Waals surface area (Å²) in [6, 6.07) is 10.7. The molecule has 15 heavy (non-hydrogen) atoms. The highest BCUT2D eigenvalue weighted by Gasteiger charge is 2.17. The van der Waals surface area contributed by atoms with Crippen molar-refractivity contribution in [1.29, 1.82) is 0 Å². The minimum Gasteiger partial charge on any atom is -0.360 e. The molecule has 0 aliphatic carbocycles. The maximum absolute atomic E-state index is 2.46. The Morgan fingerprint density at radius 2 is 2.00 bits per heavy atom. The summed E-state index contributed by atoms with van der Waals surface area (Å²) in [6.45, 7) is 5.56. The van der Waals surface area contributed by atoms with Gasteiger partial charge >= 0.3 is 0 Å². The molecule has 2 rings (SSSR count). The Bertz CT molecular complexity index is 343. The van der Waals surface area contributed by atoms with Crippen molar-refractivity contribution in [3.63, 3.8) is 0 Å². The van der Waals surface area contributed by atoms with Crippen molar-refractivity contribution in [2.45, 2.75) is 20.4 Å². The Kier molecular flexibility index (Phi) is 3.37. The lowest BCUT2D eigenvalue weighted by molar-refractivity contribution is 0.362. The molecule has 80 valence electrons. The zero-order chi connectivity index (χ0) is 10.7. The molecule has 0 N–H and O–H groups in total. The van der Waals surface area contributed by atoms with Crippen LogP contribution < -0.4 is 0 Å². The highest BCUT2D eigenvalue weighted by Crippen LogP contribution is 2.29. The summed E-state index contributed by atoms with van der Waals surface area (Å²) in [5, 5.41) is 2.30. The van der Waals surface area contributed by atoms with Gasteiger partial charge in [0.15, 0.2) is 0 Å². The topological polar surface area (TPSA) is 3.24 Å². The molecule has 1 aromatic rings. The summed E-state index contributed by atoms with van der Waals surface area (Å²) in [6.07, 6.45) is 0. The van der Waals surface area contributed by atoms with Crippen LogP contribution in [0.15, 0.2) is 41.4 Å². The van der Waals surface area contributed by atoms with Crippen molar-refractivity contribution in [3.8, 4) is 0 Å². The van der Waals surface area contributed by atoms with Gasteiger partial charge in [-0.25, -0.2) is 0 Å². The number of hydrogen-bond acceptors (Lipinski definition) is 2. The fourth-order valence-electron chi connectivity index (χ4n) is 1.80. The molecule has 0 aromatic heterocycles. The van der Waals surface area contributed by atoms with E-state index in [1.54, 1.807) is 0 Å². The molecule has 0 spiro atoms. The van der Waals surface area contributed by atoms with Crippen molar-refractivity contribution in [1.82, 2.24) is 4.90 Å². The van der Waals surface area contributed by atoms with Crippen molar-refractivity contribution in [2.75, 3.05) is 5.88 Å². The van der Waals surface area contributed by atoms with Crippen LogP contribution in [0.1, 0.15) is 19.4 Å². The van der Waals surface area contributed by atoms with Crippen LogP contribution in [0, 0.1) is 5.92 Å². The predicted octanol–water partition coefficient (Wildman–Crippen LogP) is 3.69. The number of benzene rings is 1. The fourth-order valence-corrected chi connectivity index (χ4v) is 2.89. The van der Waals surface area contributed by atoms with Crippen LogP contribution >= 0.6 is 11.8 Å². The highest BCUT2D eigenvalue weighted by atomic mass is 32.2. The molecule has 1 aliphatic heterocycles. The van der Waals surface area contributed by atoms with E-state index in [2.05, 4.69) is 54.5 Å². The molecule has 0 amide bonds. The quantitative estimate of drug-likeness (QED) is 0.762. The van der Waals surface area contributed by atoms with E-state index < -0.39 is 0 Å². The van der Waals surface area contributed by atoms with Crippen LogP contribution in [0.4, 0.5) is 0 Å². The zero-order valence-corrected chi connectivity index (χ0v) is 10.1. The molecule has 1 aliphatic rings. The van der Waals surface area contributed by atoms with E-state index in [1.165, 1.54) is 11.3 Å². The molecule has 1 nitrogen and oxygen atoms in total. The van der Waals surface area contributed by atoms with Crippen molar-refractivity contribution < 1.29 is 0 Å². The molecule has 0 saturated carbocycles. The molecule has 0 saturated heterocycles. The second-order valence-electron chi connectivity index (χ2n) is 4.18. The third-order valence-electron chi connectivity index (χ3n) is 2.61. The molecule has 2 heteroatoms. The standard InChI is InChI=1S/C13H17NS/c1-11(2)13-9-15-10-14(13)8-12-6-4-3-5-7-12/h3-7,9,11H,8,10H2,1-2H3. The maximum atomic E-state index is 2.46. The van der Waals surface area contributed by atoms with E-state index in [4.69, 9.17) is 0 Å². The smallest absolute Gasteiger partial charge is 0.0681 e. The number of rotatable bonds is 3. The van der Waals surface area contributed by atoms with E-state index in [0.717, 1.165) is 12.4 Å². The van der Waals surface area contributed by atoms with E-state index >= 15 is 0 Å². The average Bonchev–Trinajstić information content (AvgIpc) is 2.67. The highest BCUT2D eigenvalue weighted by molar-refractivity contribution is 8.02. The van der Waals surface area contributed by atoms with Crippen LogP contribution in [0.3, 0.4) is 0 Å². The average molecular weight is 219 g/mol. The first-order valence-electron chi connectivity index (χ1n) is 5.38. The van der Waals surface area contributed by atoms with Crippen LogP contribution in [0.25, 0.3) is 0 Å². The summed E-state index contributed by atoms with van der Waals surface area (Å²) in [7, 11) is 0. The maximum Gasteiger partial charge on any atom is 0.0681 e. The van der Waals surface area contributed by atoms with Gasteiger partial charge in [-0.2, -0.15) is 0 Å². The normalized spacial score (nSPS) is 15.9. The van der Waals surface area contributed by atoms with Gasteiger partial charge in [0.2, 0.25) is 0 Å². The van der Waals surface area contributed by atoms with Gasteiger partial charge in [-0.3, -0.25) is 0 Å². The first-order chi connectivity index (χ1) is 7.27. The van der Waals surface area contributed by atoms with Gasteiger partial charge in [-0.1, -0.05) is 44.2 Å². The lowest BCUT2D eigenvalue weighted by Gasteiger charge is -2.24. The van der Waals surface area contributed by atoms with Crippen LogP contribution in [0.2, 0.25) is 0 Å². The molecule has 0 fully saturated rings. The first kappa shape index (κ1) is 10.6. The van der Waals surface area contributed by atoms with E-state index in [0.29, 0.717) is 5.92 Å². The summed E-state index contributed by atoms with van der Waals surface area (Å²) < 4.78 is 0. The van der Waals surface area contributed by atoms with Crippen LogP contribution in [-0.4, -0.2) is 10.8 Å². The minimum atomic E-state index is 0.628. The second kappa shape index (κ2) is 4.75. The molecule has 0 unspecified atom stereocenters. The van der Waals surface area contributed by atoms with Crippen molar-refractivity contribution in [3.05, 3.63) is 47.0 Å². The minimum absolute atomic E-state index is 0.628. The van der Waals surface area contributed by atoms with Gasteiger partial charge in [0, 0.05) is 12.2 Å². The zero-order valence-electron chi connectivity index (χ0n) is 9.31. The van der Waals surface area contributed by atoms with Crippen molar-refractivity contribution >= 4 is 11.8 Å². The number of nitrogens with zero attached hydrogens (tertiary/aromatic N) is 1. The first-order valence-corrected chi connectivity index (χ1v) is 6.43. The number of allylic oxidation sites excluding steroid dienone is 1. The Balaban J connectivity index is 2.04. The van der Waals surface area contributed by atoms with Gasteiger partial charge in [-0.05, 0) is 16.9 Å². The van der Waals surface area contributed by atoms with Gasteiger partial charge < -0.3 is 4.90 Å². The largest absolute Gasteiger partial charge is 0.360 e. The molecule has 0 bridgehead atoms. The Hall–Kier alpha value is -0.890. The predicted molar refractivity (Wildman–Crippen MR) is 67.4 cm³/mol. The summed E-state index contributed by atoms with van der Waals surface area (Å²) in [4.78, 5) is 2.46. The van der Waals surface area contributed by atoms with E-state index in [-0.39, 0.29) is 0 Å². The summed E-state index contributed by atoms with van der Waals surface area (Å²) in [5.74, 6) is 1.73. The van der Waals surface area contributed by atoms with Gasteiger partial charge in [0.1, 0.15) is 0 Å². The molecule has 0 radical (unpaired) electrons. The van der Waals surface area contributed by atoms with Crippen molar-refractivity contribution in [2.24, 2.45) is 5.92 Å². The summed E-state index contributed by atoms with van der Waals surface area (Å²) in [5.41, 5.74) is 2.87. The third kappa shape index (κ3) is 2.57. The Morgan fingerprint density at radius 1 is 1.27 bits per heavy atom. The second-order valence-corrected chi connectivity index (χ2v) is 5.00.